The lowest BCUT2D eigenvalue weighted by atomic mass is 10.1. The number of carboxylic acid groups (broad SMARTS) is 1. The molecular weight excluding hydrogens is 288 g/mol. The molecule has 1 rings (SSSR count). The predicted molar refractivity (Wildman–Crippen MR) is 80.3 cm³/mol. The molecule has 0 aliphatic carbocycles. The quantitative estimate of drug-likeness (QED) is 0.775. The number of hydrogen-bond donors (Lipinski definition) is 1. The average molecular weight is 314 g/mol. The fraction of sp³-hybridized carbons (Fsp3) is 0.800. The van der Waals surface area contributed by atoms with Gasteiger partial charge in [0.05, 0.1) is 12.5 Å². The number of rotatable bonds is 6. The highest BCUT2D eigenvalue weighted by molar-refractivity contribution is 5.80. The van der Waals surface area contributed by atoms with E-state index >= 15 is 0 Å². The summed E-state index contributed by atoms with van der Waals surface area (Å²) in [6.45, 7) is 4.51. The Bertz CT molecular complexity index is 413. The van der Waals surface area contributed by atoms with Gasteiger partial charge in [0, 0.05) is 33.2 Å². The van der Waals surface area contributed by atoms with Crippen LogP contribution in [-0.2, 0) is 19.1 Å². The van der Waals surface area contributed by atoms with E-state index in [-0.39, 0.29) is 30.3 Å². The van der Waals surface area contributed by atoms with E-state index in [1.54, 1.807) is 12.0 Å². The van der Waals surface area contributed by atoms with Crippen molar-refractivity contribution >= 4 is 17.8 Å². The molecule has 2 amide bonds. The van der Waals surface area contributed by atoms with E-state index in [1.165, 1.54) is 11.8 Å². The van der Waals surface area contributed by atoms with E-state index in [4.69, 9.17) is 9.84 Å². The zero-order chi connectivity index (χ0) is 16.7. The van der Waals surface area contributed by atoms with Crippen LogP contribution in [0.1, 0.15) is 33.1 Å². The van der Waals surface area contributed by atoms with Gasteiger partial charge in [0.2, 0.25) is 11.8 Å². The van der Waals surface area contributed by atoms with Crippen molar-refractivity contribution in [3.05, 3.63) is 0 Å². The lowest BCUT2D eigenvalue weighted by molar-refractivity contribution is -0.145. The summed E-state index contributed by atoms with van der Waals surface area (Å²) in [5, 5.41) is 8.93. The van der Waals surface area contributed by atoms with Gasteiger partial charge in [-0.15, -0.1) is 0 Å². The molecule has 0 saturated carbocycles. The van der Waals surface area contributed by atoms with Crippen molar-refractivity contribution < 1.29 is 24.2 Å². The molecule has 1 heterocycles. The molecule has 7 heteroatoms. The van der Waals surface area contributed by atoms with E-state index in [0.29, 0.717) is 26.1 Å². The van der Waals surface area contributed by atoms with Gasteiger partial charge < -0.3 is 19.6 Å². The molecule has 1 saturated heterocycles. The number of amides is 2. The van der Waals surface area contributed by atoms with E-state index in [1.807, 2.05) is 6.92 Å². The average Bonchev–Trinajstić information content (AvgIpc) is 2.69. The maximum atomic E-state index is 12.3. The molecule has 7 nitrogen and oxygen atoms in total. The van der Waals surface area contributed by atoms with Crippen LogP contribution in [0.15, 0.2) is 0 Å². The van der Waals surface area contributed by atoms with Crippen LogP contribution in [0.2, 0.25) is 0 Å². The summed E-state index contributed by atoms with van der Waals surface area (Å²) in [6.07, 6.45) is 2.09. The SMILES string of the molecule is COCC(C)C(=O)N1CCCC(N(CC(=O)O)C(C)=O)CC1. The highest BCUT2D eigenvalue weighted by Crippen LogP contribution is 2.18. The molecule has 1 fully saturated rings. The van der Waals surface area contributed by atoms with Crippen LogP contribution in [0, 0.1) is 5.92 Å². The molecule has 126 valence electrons. The van der Waals surface area contributed by atoms with Crippen molar-refractivity contribution in [1.82, 2.24) is 9.80 Å². The lowest BCUT2D eigenvalue weighted by Gasteiger charge is -2.29. The molecule has 0 bridgehead atoms. The van der Waals surface area contributed by atoms with Gasteiger partial charge >= 0.3 is 5.97 Å². The van der Waals surface area contributed by atoms with E-state index in [0.717, 1.165) is 12.8 Å². The number of likely N-dealkylation sites (tertiary alicyclic amines) is 1. The summed E-state index contributed by atoms with van der Waals surface area (Å²) >= 11 is 0. The molecule has 2 atom stereocenters. The summed E-state index contributed by atoms with van der Waals surface area (Å²) in [4.78, 5) is 38.1. The molecule has 0 aromatic heterocycles. The van der Waals surface area contributed by atoms with Crippen LogP contribution in [0.4, 0.5) is 0 Å². The largest absolute Gasteiger partial charge is 0.480 e. The Balaban J connectivity index is 2.66. The second kappa shape index (κ2) is 8.73. The van der Waals surface area contributed by atoms with Gasteiger partial charge in [0.15, 0.2) is 0 Å². The first-order valence-corrected chi connectivity index (χ1v) is 7.63. The van der Waals surface area contributed by atoms with Crippen molar-refractivity contribution in [2.24, 2.45) is 5.92 Å². The predicted octanol–water partition coefficient (Wildman–Crippen LogP) is 0.583. The van der Waals surface area contributed by atoms with E-state index < -0.39 is 5.97 Å². The van der Waals surface area contributed by atoms with Crippen LogP contribution < -0.4 is 0 Å². The molecule has 0 aromatic carbocycles. The number of carbonyl (C=O) groups excluding carboxylic acids is 2. The monoisotopic (exact) mass is 314 g/mol. The fourth-order valence-corrected chi connectivity index (χ4v) is 2.89. The Morgan fingerprint density at radius 2 is 2.00 bits per heavy atom. The van der Waals surface area contributed by atoms with E-state index in [2.05, 4.69) is 0 Å². The zero-order valence-electron chi connectivity index (χ0n) is 13.6. The Labute approximate surface area is 131 Å². The summed E-state index contributed by atoms with van der Waals surface area (Å²) in [5.74, 6) is -1.39. The van der Waals surface area contributed by atoms with Crippen molar-refractivity contribution in [2.75, 3.05) is 33.4 Å². The molecule has 0 radical (unpaired) electrons. The van der Waals surface area contributed by atoms with Crippen molar-refractivity contribution in [3.8, 4) is 0 Å². The summed E-state index contributed by atoms with van der Waals surface area (Å²) in [7, 11) is 1.57. The van der Waals surface area contributed by atoms with Crippen LogP contribution in [0.25, 0.3) is 0 Å². The Morgan fingerprint density at radius 3 is 2.55 bits per heavy atom. The van der Waals surface area contributed by atoms with Gasteiger partial charge in [0.1, 0.15) is 6.54 Å². The molecule has 2 unspecified atom stereocenters. The maximum Gasteiger partial charge on any atom is 0.323 e. The molecule has 0 aromatic rings. The number of aliphatic carboxylic acids is 1. The van der Waals surface area contributed by atoms with Crippen molar-refractivity contribution in [2.45, 2.75) is 39.2 Å². The lowest BCUT2D eigenvalue weighted by Crippen LogP contribution is -2.43. The minimum Gasteiger partial charge on any atom is -0.480 e. The van der Waals surface area contributed by atoms with Gasteiger partial charge in [-0.05, 0) is 19.3 Å². The molecule has 22 heavy (non-hydrogen) atoms. The Morgan fingerprint density at radius 1 is 1.32 bits per heavy atom. The first kappa shape index (κ1) is 18.4. The minimum atomic E-state index is -1.01. The van der Waals surface area contributed by atoms with Crippen LogP contribution in [0.3, 0.4) is 0 Å². The van der Waals surface area contributed by atoms with Crippen LogP contribution >= 0.6 is 0 Å². The number of carbonyl (C=O) groups is 3. The number of methoxy groups -OCH3 is 1. The zero-order valence-corrected chi connectivity index (χ0v) is 13.6. The van der Waals surface area contributed by atoms with Crippen LogP contribution in [-0.4, -0.2) is 72.1 Å². The highest BCUT2D eigenvalue weighted by Gasteiger charge is 2.28. The first-order valence-electron chi connectivity index (χ1n) is 7.63. The van der Waals surface area contributed by atoms with Crippen molar-refractivity contribution in [3.63, 3.8) is 0 Å². The second-order valence-electron chi connectivity index (χ2n) is 5.81. The summed E-state index contributed by atoms with van der Waals surface area (Å²) in [6, 6.07) is -0.121. The van der Waals surface area contributed by atoms with Gasteiger partial charge in [-0.25, -0.2) is 0 Å². The Hall–Kier alpha value is -1.63. The second-order valence-corrected chi connectivity index (χ2v) is 5.81. The van der Waals surface area contributed by atoms with Crippen molar-refractivity contribution in [1.29, 1.82) is 0 Å². The first-order chi connectivity index (χ1) is 10.4. The minimum absolute atomic E-state index is 0.0510. The molecule has 1 aliphatic rings. The highest BCUT2D eigenvalue weighted by atomic mass is 16.5. The topological polar surface area (TPSA) is 87.2 Å². The summed E-state index contributed by atoms with van der Waals surface area (Å²) in [5.41, 5.74) is 0. The smallest absolute Gasteiger partial charge is 0.323 e. The fourth-order valence-electron chi connectivity index (χ4n) is 2.89. The van der Waals surface area contributed by atoms with Gasteiger partial charge in [-0.2, -0.15) is 0 Å². The van der Waals surface area contributed by atoms with Gasteiger partial charge in [-0.1, -0.05) is 6.92 Å². The molecule has 1 aliphatic heterocycles. The molecule has 1 N–H and O–H groups in total. The normalized spacial score (nSPS) is 20.1. The number of carboxylic acids is 1. The summed E-state index contributed by atoms with van der Waals surface area (Å²) < 4.78 is 5.02. The van der Waals surface area contributed by atoms with Gasteiger partial charge in [-0.3, -0.25) is 14.4 Å². The number of hydrogen-bond acceptors (Lipinski definition) is 4. The molecule has 0 spiro atoms. The number of ether oxygens (including phenoxy) is 1. The third-order valence-corrected chi connectivity index (χ3v) is 4.00. The standard InChI is InChI=1S/C15H26N2O5/c1-11(10-22-3)15(21)16-7-4-5-13(6-8-16)17(12(2)18)9-14(19)20/h11,13H,4-10H2,1-3H3,(H,19,20). The Kier molecular flexibility index (Phi) is 7.31. The van der Waals surface area contributed by atoms with Crippen LogP contribution in [0.5, 0.6) is 0 Å². The van der Waals surface area contributed by atoms with Gasteiger partial charge in [0.25, 0.3) is 0 Å². The number of nitrogens with zero attached hydrogens (tertiary/aromatic N) is 2. The third-order valence-electron chi connectivity index (χ3n) is 4.00. The maximum absolute atomic E-state index is 12.3. The molecular formula is C15H26N2O5. The third kappa shape index (κ3) is 5.29. The van der Waals surface area contributed by atoms with E-state index in [9.17, 15) is 14.4 Å².